The molecular weight excluding hydrogens is 260 g/mol. The zero-order chi connectivity index (χ0) is 15.2. The molecule has 0 saturated carbocycles. The number of hydrogen-bond acceptors (Lipinski definition) is 3. The fraction of sp³-hybridized carbons (Fsp3) is 0.389. The third-order valence-electron chi connectivity index (χ3n) is 4.06. The zero-order valence-electron chi connectivity index (χ0n) is 13.0. The van der Waals surface area contributed by atoms with Crippen LogP contribution >= 0.6 is 0 Å². The average molecular weight is 284 g/mol. The third kappa shape index (κ3) is 3.69. The molecule has 0 saturated heterocycles. The fourth-order valence-electron chi connectivity index (χ4n) is 2.63. The van der Waals surface area contributed by atoms with E-state index in [0.29, 0.717) is 6.42 Å². The van der Waals surface area contributed by atoms with Gasteiger partial charge in [0.25, 0.3) is 0 Å². The first-order valence-corrected chi connectivity index (χ1v) is 7.60. The molecule has 0 amide bonds. The minimum absolute atomic E-state index is 0.0748. The zero-order valence-corrected chi connectivity index (χ0v) is 13.0. The van der Waals surface area contributed by atoms with Gasteiger partial charge in [-0.15, -0.1) is 0 Å². The molecule has 2 atom stereocenters. The van der Waals surface area contributed by atoms with Crippen LogP contribution in [-0.4, -0.2) is 18.9 Å². The minimum atomic E-state index is -0.198. The van der Waals surface area contributed by atoms with Crippen LogP contribution in [0.5, 0.6) is 0 Å². The summed E-state index contributed by atoms with van der Waals surface area (Å²) in [4.78, 5) is 12.5. The van der Waals surface area contributed by atoms with E-state index >= 15 is 0 Å². The molecule has 112 valence electrons. The van der Waals surface area contributed by atoms with E-state index in [1.807, 2.05) is 19.1 Å². The van der Waals surface area contributed by atoms with Crippen molar-refractivity contribution < 1.29 is 4.79 Å². The highest BCUT2D eigenvalue weighted by atomic mass is 16.1. The first kappa shape index (κ1) is 15.7. The molecule has 0 aliphatic carbocycles. The van der Waals surface area contributed by atoms with Crippen molar-refractivity contribution in [3.8, 4) is 0 Å². The van der Waals surface area contributed by atoms with E-state index in [-0.39, 0.29) is 17.7 Å². The number of nitrogens with one attached hydrogen (secondary N) is 2. The van der Waals surface area contributed by atoms with Gasteiger partial charge >= 0.3 is 0 Å². The highest BCUT2D eigenvalue weighted by Crippen LogP contribution is 2.20. The van der Waals surface area contributed by atoms with Crippen LogP contribution in [0, 0.1) is 5.92 Å². The molecule has 3 nitrogen and oxygen atoms in total. The molecule has 0 fully saturated rings. The monoisotopic (exact) mass is 284 g/mol. The quantitative estimate of drug-likeness (QED) is 0.768. The number of benzene rings is 2. The molecule has 0 aliphatic rings. The molecule has 0 aromatic heterocycles. The summed E-state index contributed by atoms with van der Waals surface area (Å²) in [5.41, 5.74) is 7.24. The van der Waals surface area contributed by atoms with Crippen molar-refractivity contribution >= 4 is 16.6 Å². The molecular formula is C18H24N2O. The maximum Gasteiger partial charge on any atom is 0.154 e. The second-order valence-corrected chi connectivity index (χ2v) is 5.50. The molecule has 0 heterocycles. The lowest BCUT2D eigenvalue weighted by molar-refractivity contribution is -0.124. The Labute approximate surface area is 126 Å². The Morgan fingerprint density at radius 3 is 2.57 bits per heavy atom. The van der Waals surface area contributed by atoms with Gasteiger partial charge in [-0.25, -0.2) is 5.43 Å². The second-order valence-electron chi connectivity index (χ2n) is 5.50. The number of rotatable bonds is 7. The summed E-state index contributed by atoms with van der Waals surface area (Å²) in [6.45, 7) is 4.05. The Morgan fingerprint density at radius 1 is 1.14 bits per heavy atom. The van der Waals surface area contributed by atoms with Crippen molar-refractivity contribution in [2.45, 2.75) is 32.7 Å². The van der Waals surface area contributed by atoms with Crippen LogP contribution in [0.3, 0.4) is 0 Å². The number of Topliss-reactive ketones (excluding diaryl/α,β-unsaturated/α-hetero) is 1. The Hall–Kier alpha value is -1.71. The van der Waals surface area contributed by atoms with Gasteiger partial charge in [-0.05, 0) is 36.2 Å². The molecule has 2 unspecified atom stereocenters. The van der Waals surface area contributed by atoms with Crippen molar-refractivity contribution in [1.29, 1.82) is 0 Å². The van der Waals surface area contributed by atoms with Gasteiger partial charge in [-0.3, -0.25) is 10.2 Å². The molecule has 0 radical (unpaired) electrons. The Bertz CT molecular complexity index is 604. The summed E-state index contributed by atoms with van der Waals surface area (Å²) in [6, 6.07) is 14.4. The van der Waals surface area contributed by atoms with Crippen LogP contribution in [0.25, 0.3) is 10.8 Å². The number of ketones is 1. The van der Waals surface area contributed by atoms with Crippen LogP contribution in [0.2, 0.25) is 0 Å². The molecule has 3 heteroatoms. The van der Waals surface area contributed by atoms with Gasteiger partial charge in [0.15, 0.2) is 5.78 Å². The van der Waals surface area contributed by atoms with Crippen molar-refractivity contribution in [1.82, 2.24) is 10.9 Å². The van der Waals surface area contributed by atoms with Gasteiger partial charge in [0.2, 0.25) is 0 Å². The topological polar surface area (TPSA) is 41.1 Å². The largest absolute Gasteiger partial charge is 0.298 e. The SMILES string of the molecule is CCC(C)C(=O)C(Cc1cccc2ccccc12)NNC. The minimum Gasteiger partial charge on any atom is -0.298 e. The Balaban J connectivity index is 2.28. The summed E-state index contributed by atoms with van der Waals surface area (Å²) >= 11 is 0. The lowest BCUT2D eigenvalue weighted by Crippen LogP contribution is -2.47. The van der Waals surface area contributed by atoms with E-state index in [0.717, 1.165) is 6.42 Å². The summed E-state index contributed by atoms with van der Waals surface area (Å²) in [5.74, 6) is 0.339. The van der Waals surface area contributed by atoms with Gasteiger partial charge < -0.3 is 0 Å². The van der Waals surface area contributed by atoms with Crippen molar-refractivity contribution in [2.75, 3.05) is 7.05 Å². The van der Waals surface area contributed by atoms with Gasteiger partial charge in [0, 0.05) is 5.92 Å². The van der Waals surface area contributed by atoms with Crippen molar-refractivity contribution in [3.63, 3.8) is 0 Å². The Morgan fingerprint density at radius 2 is 1.86 bits per heavy atom. The van der Waals surface area contributed by atoms with E-state index in [1.54, 1.807) is 7.05 Å². The van der Waals surface area contributed by atoms with Crippen molar-refractivity contribution in [2.24, 2.45) is 5.92 Å². The number of carbonyl (C=O) groups is 1. The molecule has 2 N–H and O–H groups in total. The van der Waals surface area contributed by atoms with E-state index in [4.69, 9.17) is 0 Å². The normalized spacial score (nSPS) is 14.0. The summed E-state index contributed by atoms with van der Waals surface area (Å²) in [6.07, 6.45) is 1.57. The van der Waals surface area contributed by atoms with Gasteiger partial charge in [-0.1, -0.05) is 56.3 Å². The molecule has 21 heavy (non-hydrogen) atoms. The smallest absolute Gasteiger partial charge is 0.154 e. The van der Waals surface area contributed by atoms with Crippen LogP contribution < -0.4 is 10.9 Å². The van der Waals surface area contributed by atoms with E-state index in [9.17, 15) is 4.79 Å². The average Bonchev–Trinajstić information content (AvgIpc) is 2.53. The highest BCUT2D eigenvalue weighted by Gasteiger charge is 2.23. The molecule has 0 spiro atoms. The van der Waals surface area contributed by atoms with E-state index in [1.165, 1.54) is 16.3 Å². The Kier molecular flexibility index (Phi) is 5.48. The summed E-state index contributed by atoms with van der Waals surface area (Å²) in [7, 11) is 1.81. The molecule has 2 aromatic rings. The number of hydrazine groups is 1. The van der Waals surface area contributed by atoms with Gasteiger partial charge in [0.1, 0.15) is 0 Å². The van der Waals surface area contributed by atoms with Crippen LogP contribution in [0.4, 0.5) is 0 Å². The molecule has 0 aliphatic heterocycles. The van der Waals surface area contributed by atoms with Gasteiger partial charge in [-0.2, -0.15) is 0 Å². The highest BCUT2D eigenvalue weighted by molar-refractivity contribution is 5.89. The molecule has 2 rings (SSSR count). The number of carbonyl (C=O) groups excluding carboxylic acids is 1. The lowest BCUT2D eigenvalue weighted by atomic mass is 9.91. The van der Waals surface area contributed by atoms with E-state index in [2.05, 4.69) is 48.1 Å². The number of fused-ring (bicyclic) bond motifs is 1. The maximum absolute atomic E-state index is 12.5. The third-order valence-corrected chi connectivity index (χ3v) is 4.06. The summed E-state index contributed by atoms with van der Waals surface area (Å²) in [5, 5.41) is 2.44. The predicted molar refractivity (Wildman–Crippen MR) is 88.1 cm³/mol. The standard InChI is InChI=1S/C18H24N2O/c1-4-13(2)18(21)17(20-19-3)12-15-10-7-9-14-8-5-6-11-16(14)15/h5-11,13,17,19-20H,4,12H2,1-3H3. The fourth-order valence-corrected chi connectivity index (χ4v) is 2.63. The van der Waals surface area contributed by atoms with Crippen LogP contribution in [0.15, 0.2) is 42.5 Å². The maximum atomic E-state index is 12.5. The summed E-state index contributed by atoms with van der Waals surface area (Å²) < 4.78 is 0. The van der Waals surface area contributed by atoms with Crippen LogP contribution in [-0.2, 0) is 11.2 Å². The second kappa shape index (κ2) is 7.34. The first-order chi connectivity index (χ1) is 10.2. The predicted octanol–water partition coefficient (Wildman–Crippen LogP) is 3.09. The molecule has 0 bridgehead atoms. The van der Waals surface area contributed by atoms with E-state index < -0.39 is 0 Å². The molecule has 2 aromatic carbocycles. The van der Waals surface area contributed by atoms with Gasteiger partial charge in [0.05, 0.1) is 6.04 Å². The van der Waals surface area contributed by atoms with Crippen LogP contribution in [0.1, 0.15) is 25.8 Å². The number of hydrogen-bond donors (Lipinski definition) is 2. The first-order valence-electron chi connectivity index (χ1n) is 7.60. The van der Waals surface area contributed by atoms with Crippen molar-refractivity contribution in [3.05, 3.63) is 48.0 Å². The lowest BCUT2D eigenvalue weighted by Gasteiger charge is -2.21.